The van der Waals surface area contributed by atoms with Gasteiger partial charge in [0.1, 0.15) is 0 Å². The van der Waals surface area contributed by atoms with Gasteiger partial charge in [0.05, 0.1) is 33.1 Å². The summed E-state index contributed by atoms with van der Waals surface area (Å²) in [6.07, 6.45) is 0. The Hall–Kier alpha value is -4.64. The van der Waals surface area contributed by atoms with E-state index in [1.54, 1.807) is 12.1 Å². The zero-order valence-corrected chi connectivity index (χ0v) is 17.8. The maximum atomic E-state index is 13.5. The summed E-state index contributed by atoms with van der Waals surface area (Å²) in [5.41, 5.74) is -0.913. The van der Waals surface area contributed by atoms with Crippen molar-refractivity contribution in [2.24, 2.45) is 0 Å². The van der Waals surface area contributed by atoms with E-state index in [1.807, 2.05) is 0 Å². The predicted molar refractivity (Wildman–Crippen MR) is 118 cm³/mol. The van der Waals surface area contributed by atoms with Crippen molar-refractivity contribution < 1.29 is 24.2 Å². The highest BCUT2D eigenvalue weighted by molar-refractivity contribution is 6.30. The number of fused-ring (bicyclic) bond motifs is 1. The third-order valence-electron chi connectivity index (χ3n) is 5.12. The average molecular weight is 481 g/mol. The van der Waals surface area contributed by atoms with Crippen molar-refractivity contribution in [2.75, 3.05) is 0 Å². The van der Waals surface area contributed by atoms with Crippen molar-refractivity contribution in [2.45, 2.75) is 6.54 Å². The van der Waals surface area contributed by atoms with Gasteiger partial charge < -0.3 is 0 Å². The number of non-ortho nitro benzene ring substituents is 1. The number of hydrazine groups is 1. The first kappa shape index (κ1) is 22.6. The molecule has 0 unspecified atom stereocenters. The molecule has 3 aromatic carbocycles. The number of benzene rings is 3. The molecule has 0 atom stereocenters. The molecule has 3 amide bonds. The molecule has 4 rings (SSSR count). The molecule has 0 N–H and O–H groups in total. The molecule has 34 heavy (non-hydrogen) atoms. The van der Waals surface area contributed by atoms with Crippen LogP contribution in [0.3, 0.4) is 0 Å². The second-order valence-electron chi connectivity index (χ2n) is 7.17. The summed E-state index contributed by atoms with van der Waals surface area (Å²) in [6, 6.07) is 14.4. The Morgan fingerprint density at radius 1 is 0.882 bits per heavy atom. The molecule has 0 saturated carbocycles. The van der Waals surface area contributed by atoms with Gasteiger partial charge in [-0.2, -0.15) is 5.01 Å². The minimum absolute atomic E-state index is 0.00950. The van der Waals surface area contributed by atoms with Crippen LogP contribution in [0.2, 0.25) is 5.02 Å². The topological polar surface area (TPSA) is 144 Å². The molecule has 0 aliphatic carbocycles. The molecule has 12 heteroatoms. The number of rotatable bonds is 6. The number of halogens is 1. The number of nitro benzene ring substituents is 2. The summed E-state index contributed by atoms with van der Waals surface area (Å²) < 4.78 is 0. The van der Waals surface area contributed by atoms with Gasteiger partial charge >= 0.3 is 0 Å². The van der Waals surface area contributed by atoms with E-state index in [2.05, 4.69) is 0 Å². The van der Waals surface area contributed by atoms with Crippen LogP contribution in [0.1, 0.15) is 36.6 Å². The van der Waals surface area contributed by atoms with Crippen LogP contribution in [0.4, 0.5) is 11.4 Å². The summed E-state index contributed by atoms with van der Waals surface area (Å²) in [4.78, 5) is 60.9. The standard InChI is InChI=1S/C22H13ClN4O7/c23-15-9-8-14(19(11-15)27(33)34)12-24(20(28)13-4-3-5-16(10-13)26(31)32)25-21(29)17-6-1-2-7-18(17)22(25)30/h1-11H,12H2. The molecular weight excluding hydrogens is 468 g/mol. The maximum absolute atomic E-state index is 13.5. The van der Waals surface area contributed by atoms with E-state index in [-0.39, 0.29) is 33.0 Å². The van der Waals surface area contributed by atoms with Gasteiger partial charge in [-0.1, -0.05) is 29.8 Å². The fraction of sp³-hybridized carbons (Fsp3) is 0.0455. The molecule has 0 radical (unpaired) electrons. The van der Waals surface area contributed by atoms with Crippen molar-refractivity contribution in [3.05, 3.63) is 114 Å². The second-order valence-corrected chi connectivity index (χ2v) is 7.60. The number of imide groups is 1. The minimum atomic E-state index is -0.942. The molecular formula is C22H13ClN4O7. The zero-order chi connectivity index (χ0) is 24.6. The van der Waals surface area contributed by atoms with Gasteiger partial charge in [0.15, 0.2) is 0 Å². The van der Waals surface area contributed by atoms with Gasteiger partial charge in [0.25, 0.3) is 29.1 Å². The lowest BCUT2D eigenvalue weighted by molar-refractivity contribution is -0.385. The van der Waals surface area contributed by atoms with Crippen LogP contribution in [0.15, 0.2) is 66.7 Å². The molecule has 170 valence electrons. The van der Waals surface area contributed by atoms with Crippen molar-refractivity contribution in [3.8, 4) is 0 Å². The highest BCUT2D eigenvalue weighted by Crippen LogP contribution is 2.30. The molecule has 0 spiro atoms. The fourth-order valence-electron chi connectivity index (χ4n) is 3.53. The number of hydrogen-bond donors (Lipinski definition) is 0. The molecule has 11 nitrogen and oxygen atoms in total. The molecule has 0 aromatic heterocycles. The summed E-state index contributed by atoms with van der Waals surface area (Å²) in [5, 5.41) is 24.1. The van der Waals surface area contributed by atoms with Gasteiger partial charge in [-0.15, -0.1) is 0 Å². The Morgan fingerprint density at radius 3 is 2.12 bits per heavy atom. The summed E-state index contributed by atoms with van der Waals surface area (Å²) in [7, 11) is 0. The van der Waals surface area contributed by atoms with E-state index in [9.17, 15) is 34.6 Å². The zero-order valence-electron chi connectivity index (χ0n) is 17.1. The average Bonchev–Trinajstić information content (AvgIpc) is 3.08. The van der Waals surface area contributed by atoms with Crippen molar-refractivity contribution >= 4 is 40.7 Å². The first-order valence-electron chi connectivity index (χ1n) is 9.66. The van der Waals surface area contributed by atoms with Gasteiger partial charge in [-0.05, 0) is 30.3 Å². The van der Waals surface area contributed by atoms with Crippen LogP contribution in [0, 0.1) is 20.2 Å². The predicted octanol–water partition coefficient (Wildman–Crippen LogP) is 4.01. The van der Waals surface area contributed by atoms with E-state index >= 15 is 0 Å². The Labute approximate surface area is 196 Å². The molecule has 0 bridgehead atoms. The Bertz CT molecular complexity index is 1360. The SMILES string of the molecule is O=C(c1cccc([N+](=O)[O-])c1)N(Cc1ccc(Cl)cc1[N+](=O)[O-])N1C(=O)c2ccccc2C1=O. The number of carbonyl (C=O) groups is 3. The fourth-order valence-corrected chi connectivity index (χ4v) is 3.70. The summed E-state index contributed by atoms with van der Waals surface area (Å²) in [5.74, 6) is -2.56. The molecule has 3 aromatic rings. The number of nitrogens with zero attached hydrogens (tertiary/aromatic N) is 4. The van der Waals surface area contributed by atoms with E-state index in [1.165, 1.54) is 42.5 Å². The lowest BCUT2D eigenvalue weighted by atomic mass is 10.1. The normalized spacial score (nSPS) is 12.4. The minimum Gasteiger partial charge on any atom is -0.267 e. The van der Waals surface area contributed by atoms with Crippen LogP contribution in [0.5, 0.6) is 0 Å². The Morgan fingerprint density at radius 2 is 1.53 bits per heavy atom. The third kappa shape index (κ3) is 3.95. The molecule has 0 saturated heterocycles. The number of nitro groups is 2. The van der Waals surface area contributed by atoms with E-state index in [0.29, 0.717) is 5.01 Å². The molecule has 1 aliphatic rings. The monoisotopic (exact) mass is 480 g/mol. The highest BCUT2D eigenvalue weighted by atomic mass is 35.5. The molecule has 1 heterocycles. The smallest absolute Gasteiger partial charge is 0.267 e. The summed E-state index contributed by atoms with van der Waals surface area (Å²) in [6.45, 7) is -0.555. The number of amides is 3. The summed E-state index contributed by atoms with van der Waals surface area (Å²) >= 11 is 5.87. The van der Waals surface area contributed by atoms with Crippen LogP contribution < -0.4 is 0 Å². The second kappa shape index (κ2) is 8.71. The largest absolute Gasteiger partial charge is 0.280 e. The van der Waals surface area contributed by atoms with Crippen molar-refractivity contribution in [1.29, 1.82) is 0 Å². The van der Waals surface area contributed by atoms with Crippen LogP contribution in [-0.4, -0.2) is 37.6 Å². The quantitative estimate of drug-likeness (QED) is 0.294. The van der Waals surface area contributed by atoms with Gasteiger partial charge in [0.2, 0.25) is 0 Å². The van der Waals surface area contributed by atoms with Crippen LogP contribution in [0.25, 0.3) is 0 Å². The first-order valence-corrected chi connectivity index (χ1v) is 10.0. The maximum Gasteiger partial charge on any atom is 0.280 e. The molecule has 0 fully saturated rings. The highest BCUT2D eigenvalue weighted by Gasteiger charge is 2.42. The first-order chi connectivity index (χ1) is 16.2. The van der Waals surface area contributed by atoms with Crippen molar-refractivity contribution in [1.82, 2.24) is 10.0 Å². The van der Waals surface area contributed by atoms with Crippen LogP contribution >= 0.6 is 11.6 Å². The Balaban J connectivity index is 1.83. The van der Waals surface area contributed by atoms with Gasteiger partial charge in [-0.3, -0.25) is 34.6 Å². The van der Waals surface area contributed by atoms with E-state index in [4.69, 9.17) is 11.6 Å². The third-order valence-corrected chi connectivity index (χ3v) is 5.35. The lowest BCUT2D eigenvalue weighted by Crippen LogP contribution is -2.49. The Kier molecular flexibility index (Phi) is 5.78. The lowest BCUT2D eigenvalue weighted by Gasteiger charge is -2.30. The molecule has 1 aliphatic heterocycles. The van der Waals surface area contributed by atoms with E-state index in [0.717, 1.165) is 17.1 Å². The number of carbonyl (C=O) groups excluding carboxylic acids is 3. The van der Waals surface area contributed by atoms with Crippen LogP contribution in [-0.2, 0) is 6.54 Å². The number of hydrogen-bond acceptors (Lipinski definition) is 7. The van der Waals surface area contributed by atoms with E-state index < -0.39 is 39.8 Å². The van der Waals surface area contributed by atoms with Gasteiger partial charge in [-0.25, -0.2) is 5.01 Å². The van der Waals surface area contributed by atoms with Crippen molar-refractivity contribution in [3.63, 3.8) is 0 Å². The van der Waals surface area contributed by atoms with Gasteiger partial charge in [0, 0.05) is 28.8 Å².